The Labute approximate surface area is 93.9 Å². The first-order valence-electron chi connectivity index (χ1n) is 5.61. The molecule has 0 spiro atoms. The molecule has 0 aromatic rings. The summed E-state index contributed by atoms with van der Waals surface area (Å²) in [5.41, 5.74) is 0.195. The van der Waals surface area contributed by atoms with E-state index in [1.807, 2.05) is 0 Å². The van der Waals surface area contributed by atoms with Crippen molar-refractivity contribution in [3.8, 4) is 0 Å². The molecule has 2 atom stereocenters. The van der Waals surface area contributed by atoms with E-state index in [0.717, 1.165) is 6.42 Å². The summed E-state index contributed by atoms with van der Waals surface area (Å²) in [6.07, 6.45) is 2.37. The fraction of sp³-hybridized carbons (Fsp3) is 1.00. The Kier molecular flexibility index (Phi) is 3.51. The molecule has 1 saturated heterocycles. The monoisotopic (exact) mass is 233 g/mol. The summed E-state index contributed by atoms with van der Waals surface area (Å²) in [5.74, 6) is 0.997. The van der Waals surface area contributed by atoms with Crippen molar-refractivity contribution in [2.45, 2.75) is 34.1 Å². The van der Waals surface area contributed by atoms with Gasteiger partial charge in [0.15, 0.2) is 0 Å². The number of hydrogen-bond donors (Lipinski definition) is 0. The van der Waals surface area contributed by atoms with Crippen LogP contribution in [-0.2, 0) is 10.0 Å². The summed E-state index contributed by atoms with van der Waals surface area (Å²) >= 11 is 0. The Morgan fingerprint density at radius 1 is 1.27 bits per heavy atom. The van der Waals surface area contributed by atoms with Crippen molar-refractivity contribution in [2.75, 3.05) is 19.3 Å². The normalized spacial score (nSPS) is 29.7. The standard InChI is InChI=1S/C11H23NO2S/c1-6-9-7-12(15(5,13)14)8-10(9)11(2,3)4/h9-10H,6-8H2,1-5H3. The van der Waals surface area contributed by atoms with Gasteiger partial charge in [-0.25, -0.2) is 12.7 Å². The molecule has 1 rings (SSSR count). The number of sulfonamides is 1. The lowest BCUT2D eigenvalue weighted by Gasteiger charge is -2.30. The molecule has 0 bridgehead atoms. The van der Waals surface area contributed by atoms with Crippen LogP contribution in [0.5, 0.6) is 0 Å². The van der Waals surface area contributed by atoms with Crippen LogP contribution in [0.3, 0.4) is 0 Å². The second kappa shape index (κ2) is 4.06. The molecular weight excluding hydrogens is 210 g/mol. The van der Waals surface area contributed by atoms with E-state index in [2.05, 4.69) is 27.7 Å². The van der Waals surface area contributed by atoms with Gasteiger partial charge in [-0.1, -0.05) is 34.1 Å². The third kappa shape index (κ3) is 2.94. The van der Waals surface area contributed by atoms with Gasteiger partial charge in [-0.3, -0.25) is 0 Å². The molecule has 0 aliphatic carbocycles. The van der Waals surface area contributed by atoms with Crippen LogP contribution in [0.15, 0.2) is 0 Å². The molecule has 1 fully saturated rings. The lowest BCUT2D eigenvalue weighted by atomic mass is 9.74. The second-order valence-electron chi connectivity index (χ2n) is 5.72. The molecule has 90 valence electrons. The quantitative estimate of drug-likeness (QED) is 0.731. The van der Waals surface area contributed by atoms with Crippen LogP contribution >= 0.6 is 0 Å². The third-order valence-electron chi connectivity index (χ3n) is 3.51. The Bertz CT molecular complexity index is 316. The van der Waals surface area contributed by atoms with Gasteiger partial charge in [0.05, 0.1) is 6.26 Å². The Hall–Kier alpha value is -0.0900. The van der Waals surface area contributed by atoms with Gasteiger partial charge in [0, 0.05) is 13.1 Å². The molecule has 0 aromatic carbocycles. The first-order chi connectivity index (χ1) is 6.66. The van der Waals surface area contributed by atoms with E-state index in [0.29, 0.717) is 24.9 Å². The molecule has 15 heavy (non-hydrogen) atoms. The van der Waals surface area contributed by atoms with Gasteiger partial charge >= 0.3 is 0 Å². The highest BCUT2D eigenvalue weighted by molar-refractivity contribution is 7.88. The average molecular weight is 233 g/mol. The lowest BCUT2D eigenvalue weighted by molar-refractivity contribution is 0.198. The number of rotatable bonds is 2. The highest BCUT2D eigenvalue weighted by atomic mass is 32.2. The van der Waals surface area contributed by atoms with Crippen LogP contribution in [-0.4, -0.2) is 32.1 Å². The highest BCUT2D eigenvalue weighted by Crippen LogP contribution is 2.39. The zero-order chi connectivity index (χ0) is 11.9. The summed E-state index contributed by atoms with van der Waals surface area (Å²) in [6.45, 7) is 10.2. The Morgan fingerprint density at radius 3 is 2.07 bits per heavy atom. The summed E-state index contributed by atoms with van der Waals surface area (Å²) < 4.78 is 24.6. The van der Waals surface area contributed by atoms with Gasteiger partial charge in [-0.2, -0.15) is 0 Å². The Balaban J connectivity index is 2.85. The summed E-state index contributed by atoms with van der Waals surface area (Å²) in [5, 5.41) is 0. The molecule has 0 saturated carbocycles. The summed E-state index contributed by atoms with van der Waals surface area (Å²) in [6, 6.07) is 0. The summed E-state index contributed by atoms with van der Waals surface area (Å²) in [7, 11) is -3.01. The van der Waals surface area contributed by atoms with Crippen molar-refractivity contribution in [3.05, 3.63) is 0 Å². The van der Waals surface area contributed by atoms with Crippen LogP contribution in [0, 0.1) is 17.3 Å². The molecule has 0 amide bonds. The maximum absolute atomic E-state index is 11.5. The number of hydrogen-bond acceptors (Lipinski definition) is 2. The molecule has 1 aliphatic rings. The van der Waals surface area contributed by atoms with E-state index in [1.54, 1.807) is 4.31 Å². The molecular formula is C11H23NO2S. The maximum Gasteiger partial charge on any atom is 0.211 e. The van der Waals surface area contributed by atoms with E-state index in [4.69, 9.17) is 0 Å². The number of nitrogens with zero attached hydrogens (tertiary/aromatic N) is 1. The topological polar surface area (TPSA) is 37.4 Å². The van der Waals surface area contributed by atoms with Crippen LogP contribution in [0.25, 0.3) is 0 Å². The third-order valence-corrected chi connectivity index (χ3v) is 4.75. The van der Waals surface area contributed by atoms with Crippen molar-refractivity contribution in [2.24, 2.45) is 17.3 Å². The Morgan fingerprint density at radius 2 is 1.80 bits per heavy atom. The predicted molar refractivity (Wildman–Crippen MR) is 63.1 cm³/mol. The zero-order valence-electron chi connectivity index (χ0n) is 10.4. The SMILES string of the molecule is CCC1CN(S(C)(=O)=O)CC1C(C)(C)C. The van der Waals surface area contributed by atoms with Gasteiger partial charge in [0.1, 0.15) is 0 Å². The van der Waals surface area contributed by atoms with E-state index in [9.17, 15) is 8.42 Å². The smallest absolute Gasteiger partial charge is 0.211 e. The molecule has 0 N–H and O–H groups in total. The van der Waals surface area contributed by atoms with E-state index in [-0.39, 0.29) is 5.41 Å². The van der Waals surface area contributed by atoms with Gasteiger partial charge < -0.3 is 0 Å². The zero-order valence-corrected chi connectivity index (χ0v) is 11.3. The van der Waals surface area contributed by atoms with Crippen molar-refractivity contribution in [1.82, 2.24) is 4.31 Å². The van der Waals surface area contributed by atoms with Crippen molar-refractivity contribution >= 4 is 10.0 Å². The van der Waals surface area contributed by atoms with E-state index < -0.39 is 10.0 Å². The van der Waals surface area contributed by atoms with Gasteiger partial charge in [-0.15, -0.1) is 0 Å². The van der Waals surface area contributed by atoms with Gasteiger partial charge in [0.2, 0.25) is 10.0 Å². The van der Waals surface area contributed by atoms with Gasteiger partial charge in [0.25, 0.3) is 0 Å². The highest BCUT2D eigenvalue weighted by Gasteiger charge is 2.41. The minimum absolute atomic E-state index is 0.195. The second-order valence-corrected chi connectivity index (χ2v) is 7.70. The van der Waals surface area contributed by atoms with Crippen LogP contribution in [0.4, 0.5) is 0 Å². The predicted octanol–water partition coefficient (Wildman–Crippen LogP) is 1.95. The molecule has 1 aliphatic heterocycles. The first-order valence-corrected chi connectivity index (χ1v) is 7.46. The van der Waals surface area contributed by atoms with E-state index >= 15 is 0 Å². The summed E-state index contributed by atoms with van der Waals surface area (Å²) in [4.78, 5) is 0. The first kappa shape index (κ1) is 13.0. The maximum atomic E-state index is 11.5. The van der Waals surface area contributed by atoms with Crippen molar-refractivity contribution < 1.29 is 8.42 Å². The van der Waals surface area contributed by atoms with Gasteiger partial charge in [-0.05, 0) is 17.3 Å². The fourth-order valence-corrected chi connectivity index (χ4v) is 3.39. The molecule has 0 aromatic heterocycles. The van der Waals surface area contributed by atoms with E-state index in [1.165, 1.54) is 6.26 Å². The van der Waals surface area contributed by atoms with Crippen LogP contribution < -0.4 is 0 Å². The average Bonchev–Trinajstić information content (AvgIpc) is 2.44. The van der Waals surface area contributed by atoms with Crippen molar-refractivity contribution in [1.29, 1.82) is 0 Å². The van der Waals surface area contributed by atoms with Crippen LogP contribution in [0.1, 0.15) is 34.1 Å². The fourth-order valence-electron chi connectivity index (χ4n) is 2.50. The minimum Gasteiger partial charge on any atom is -0.213 e. The molecule has 4 heteroatoms. The lowest BCUT2D eigenvalue weighted by Crippen LogP contribution is -2.30. The molecule has 1 heterocycles. The minimum atomic E-state index is -3.01. The van der Waals surface area contributed by atoms with Crippen LogP contribution in [0.2, 0.25) is 0 Å². The largest absolute Gasteiger partial charge is 0.213 e. The van der Waals surface area contributed by atoms with Crippen molar-refractivity contribution in [3.63, 3.8) is 0 Å². The molecule has 0 radical (unpaired) electrons. The molecule has 3 nitrogen and oxygen atoms in total. The molecule has 2 unspecified atom stereocenters.